The van der Waals surface area contributed by atoms with Gasteiger partial charge >= 0.3 is 5.97 Å². The van der Waals surface area contributed by atoms with Crippen LogP contribution >= 0.6 is 11.3 Å². The van der Waals surface area contributed by atoms with Gasteiger partial charge in [0.2, 0.25) is 10.0 Å². The van der Waals surface area contributed by atoms with Gasteiger partial charge in [0, 0.05) is 32.2 Å². The maximum absolute atomic E-state index is 13.1. The van der Waals surface area contributed by atoms with Crippen LogP contribution in [0.5, 0.6) is 5.75 Å². The highest BCUT2D eigenvalue weighted by molar-refractivity contribution is 7.89. The predicted octanol–water partition coefficient (Wildman–Crippen LogP) is 4.02. The lowest BCUT2D eigenvalue weighted by molar-refractivity contribution is 0.0735. The highest BCUT2D eigenvalue weighted by atomic mass is 32.2. The van der Waals surface area contributed by atoms with Gasteiger partial charge in [0.25, 0.3) is 0 Å². The van der Waals surface area contributed by atoms with Crippen LogP contribution in [0.1, 0.15) is 30.6 Å². The van der Waals surface area contributed by atoms with Crippen LogP contribution in [0.25, 0.3) is 10.2 Å². The number of hydrogen-bond donors (Lipinski definition) is 0. The van der Waals surface area contributed by atoms with Crippen molar-refractivity contribution in [2.75, 3.05) is 44.3 Å². The Balaban J connectivity index is 1.28. The van der Waals surface area contributed by atoms with Gasteiger partial charge in [0.05, 0.1) is 33.9 Å². The summed E-state index contributed by atoms with van der Waals surface area (Å²) in [5.41, 5.74) is 1.15. The standard InChI is InChI=1S/C25H29N3O5S2/c1-17-13-18(2)16-28(15-17)35(30,31)21-6-3-19(4-7-21)24(29)33-20-5-8-22-23(14-20)34-25(26-22)27-9-11-32-12-10-27/h3-8,14,17-18H,9-13,15-16H2,1-2H3. The molecule has 3 aromatic rings. The lowest BCUT2D eigenvalue weighted by atomic mass is 9.94. The second kappa shape index (κ2) is 9.85. The average Bonchev–Trinajstić information content (AvgIpc) is 3.27. The number of benzene rings is 2. The molecule has 10 heteroatoms. The molecule has 1 aromatic heterocycles. The summed E-state index contributed by atoms with van der Waals surface area (Å²) in [6.45, 7) is 8.18. The molecular formula is C25H29N3O5S2. The van der Waals surface area contributed by atoms with Crippen LogP contribution in [-0.4, -0.2) is 63.1 Å². The molecule has 0 radical (unpaired) electrons. The van der Waals surface area contributed by atoms with E-state index in [-0.39, 0.29) is 4.90 Å². The number of rotatable bonds is 5. The molecule has 8 nitrogen and oxygen atoms in total. The van der Waals surface area contributed by atoms with Crippen LogP contribution in [0.4, 0.5) is 5.13 Å². The van der Waals surface area contributed by atoms with Crippen molar-refractivity contribution in [2.24, 2.45) is 11.8 Å². The van der Waals surface area contributed by atoms with E-state index in [0.717, 1.165) is 34.9 Å². The van der Waals surface area contributed by atoms with Crippen molar-refractivity contribution in [3.05, 3.63) is 48.0 Å². The lowest BCUT2D eigenvalue weighted by Crippen LogP contribution is -2.42. The Labute approximate surface area is 209 Å². The van der Waals surface area contributed by atoms with Crippen molar-refractivity contribution < 1.29 is 22.7 Å². The summed E-state index contributed by atoms with van der Waals surface area (Å²) in [7, 11) is -3.60. The van der Waals surface area contributed by atoms with Gasteiger partial charge in [-0.1, -0.05) is 25.2 Å². The van der Waals surface area contributed by atoms with Crippen LogP contribution in [0.3, 0.4) is 0 Å². The molecule has 2 saturated heterocycles. The molecule has 0 bridgehead atoms. The summed E-state index contributed by atoms with van der Waals surface area (Å²) < 4.78 is 39.6. The van der Waals surface area contributed by atoms with E-state index in [1.54, 1.807) is 21.7 Å². The summed E-state index contributed by atoms with van der Waals surface area (Å²) in [5.74, 6) is 0.534. The molecular weight excluding hydrogens is 486 g/mol. The summed E-state index contributed by atoms with van der Waals surface area (Å²) >= 11 is 1.56. The number of carbonyl (C=O) groups excluding carboxylic acids is 1. The highest BCUT2D eigenvalue weighted by Crippen LogP contribution is 2.32. The molecule has 0 spiro atoms. The first-order valence-electron chi connectivity index (χ1n) is 11.9. The normalized spacial score (nSPS) is 21.8. The molecule has 5 rings (SSSR count). The molecule has 0 N–H and O–H groups in total. The molecule has 0 saturated carbocycles. The van der Waals surface area contributed by atoms with E-state index in [1.807, 2.05) is 12.1 Å². The quantitative estimate of drug-likeness (QED) is 0.375. The van der Waals surface area contributed by atoms with Gasteiger partial charge in [0.1, 0.15) is 5.75 Å². The maximum Gasteiger partial charge on any atom is 0.343 e. The van der Waals surface area contributed by atoms with E-state index >= 15 is 0 Å². The number of thiazole rings is 1. The molecule has 0 aliphatic carbocycles. The largest absolute Gasteiger partial charge is 0.423 e. The van der Waals surface area contributed by atoms with Crippen molar-refractivity contribution in [1.82, 2.24) is 9.29 Å². The van der Waals surface area contributed by atoms with Crippen LogP contribution in [-0.2, 0) is 14.8 Å². The third-order valence-electron chi connectivity index (χ3n) is 6.40. The number of nitrogens with zero attached hydrogens (tertiary/aromatic N) is 3. The van der Waals surface area contributed by atoms with Gasteiger partial charge in [-0.05, 0) is 54.7 Å². The molecule has 2 fully saturated rings. The molecule has 0 amide bonds. The number of piperidine rings is 1. The monoisotopic (exact) mass is 515 g/mol. The zero-order chi connectivity index (χ0) is 24.6. The van der Waals surface area contributed by atoms with Gasteiger partial charge in [-0.15, -0.1) is 0 Å². The zero-order valence-corrected chi connectivity index (χ0v) is 21.5. The van der Waals surface area contributed by atoms with Crippen LogP contribution in [0.2, 0.25) is 0 Å². The van der Waals surface area contributed by atoms with E-state index in [4.69, 9.17) is 9.47 Å². The summed E-state index contributed by atoms with van der Waals surface area (Å²) in [5, 5.41) is 0.932. The number of esters is 1. The van der Waals surface area contributed by atoms with Crippen molar-refractivity contribution in [3.8, 4) is 5.75 Å². The molecule has 3 heterocycles. The Kier molecular flexibility index (Phi) is 6.80. The number of hydrogen-bond acceptors (Lipinski definition) is 8. The van der Waals surface area contributed by atoms with E-state index in [0.29, 0.717) is 49.5 Å². The van der Waals surface area contributed by atoms with Gasteiger partial charge in [-0.2, -0.15) is 4.31 Å². The minimum atomic E-state index is -3.60. The van der Waals surface area contributed by atoms with Crippen molar-refractivity contribution in [2.45, 2.75) is 25.2 Å². The minimum absolute atomic E-state index is 0.192. The van der Waals surface area contributed by atoms with Crippen molar-refractivity contribution in [3.63, 3.8) is 0 Å². The second-order valence-electron chi connectivity index (χ2n) is 9.41. The zero-order valence-electron chi connectivity index (χ0n) is 19.8. The summed E-state index contributed by atoms with van der Waals surface area (Å²) in [6, 6.07) is 11.4. The Morgan fingerprint density at radius 3 is 2.43 bits per heavy atom. The van der Waals surface area contributed by atoms with Crippen LogP contribution in [0, 0.1) is 11.8 Å². The van der Waals surface area contributed by atoms with Gasteiger partial charge in [-0.25, -0.2) is 18.2 Å². The van der Waals surface area contributed by atoms with E-state index in [1.165, 1.54) is 24.3 Å². The first-order chi connectivity index (χ1) is 16.8. The fourth-order valence-corrected chi connectivity index (χ4v) is 7.45. The Morgan fingerprint density at radius 2 is 1.74 bits per heavy atom. The maximum atomic E-state index is 13.1. The summed E-state index contributed by atoms with van der Waals surface area (Å²) in [4.78, 5) is 19.8. The third kappa shape index (κ3) is 5.20. The first kappa shape index (κ1) is 24.2. The Hall–Kier alpha value is -2.53. The van der Waals surface area contributed by atoms with Crippen LogP contribution < -0.4 is 9.64 Å². The SMILES string of the molecule is CC1CC(C)CN(S(=O)(=O)c2ccc(C(=O)Oc3ccc4nc(N5CCOCC5)sc4c3)cc2)C1. The molecule has 35 heavy (non-hydrogen) atoms. The predicted molar refractivity (Wildman–Crippen MR) is 136 cm³/mol. The summed E-state index contributed by atoms with van der Waals surface area (Å²) in [6.07, 6.45) is 1.03. The third-order valence-corrected chi connectivity index (χ3v) is 9.33. The molecule has 2 unspecified atom stereocenters. The number of sulfonamides is 1. The second-order valence-corrected chi connectivity index (χ2v) is 12.4. The molecule has 186 valence electrons. The number of aromatic nitrogens is 1. The van der Waals surface area contributed by atoms with Crippen molar-refractivity contribution >= 4 is 42.7 Å². The molecule has 2 aliphatic rings. The minimum Gasteiger partial charge on any atom is -0.423 e. The molecule has 2 atom stereocenters. The number of ether oxygens (including phenoxy) is 2. The average molecular weight is 516 g/mol. The Bertz CT molecular complexity index is 1310. The van der Waals surface area contributed by atoms with Gasteiger partial charge in [0.15, 0.2) is 5.13 Å². The Morgan fingerprint density at radius 1 is 1.06 bits per heavy atom. The number of carbonyl (C=O) groups is 1. The first-order valence-corrected chi connectivity index (χ1v) is 14.1. The lowest BCUT2D eigenvalue weighted by Gasteiger charge is -2.34. The van der Waals surface area contributed by atoms with Crippen LogP contribution in [0.15, 0.2) is 47.4 Å². The van der Waals surface area contributed by atoms with Gasteiger partial charge < -0.3 is 14.4 Å². The van der Waals surface area contributed by atoms with E-state index in [9.17, 15) is 13.2 Å². The number of anilines is 1. The van der Waals surface area contributed by atoms with E-state index < -0.39 is 16.0 Å². The molecule has 2 aromatic carbocycles. The fraction of sp³-hybridized carbons (Fsp3) is 0.440. The van der Waals surface area contributed by atoms with E-state index in [2.05, 4.69) is 23.7 Å². The number of morpholine rings is 1. The fourth-order valence-electron chi connectivity index (χ4n) is 4.73. The molecule has 2 aliphatic heterocycles. The number of fused-ring (bicyclic) bond motifs is 1. The topological polar surface area (TPSA) is 89.0 Å². The van der Waals surface area contributed by atoms with Crippen molar-refractivity contribution in [1.29, 1.82) is 0 Å². The van der Waals surface area contributed by atoms with Gasteiger partial charge in [-0.3, -0.25) is 0 Å². The smallest absolute Gasteiger partial charge is 0.343 e. The highest BCUT2D eigenvalue weighted by Gasteiger charge is 2.31.